The van der Waals surface area contributed by atoms with Crippen LogP contribution in [0.3, 0.4) is 0 Å². The molecule has 0 heterocycles. The summed E-state index contributed by atoms with van der Waals surface area (Å²) >= 11 is 0. The smallest absolute Gasteiger partial charge is 0.142 e. The molecule has 3 heteroatoms. The van der Waals surface area contributed by atoms with Crippen LogP contribution in [0.4, 0.5) is 10.1 Å². The Kier molecular flexibility index (Phi) is 2.32. The summed E-state index contributed by atoms with van der Waals surface area (Å²) in [4.78, 5) is 0. The van der Waals surface area contributed by atoms with Crippen molar-refractivity contribution in [3.63, 3.8) is 0 Å². The van der Waals surface area contributed by atoms with Crippen molar-refractivity contribution in [2.75, 3.05) is 12.8 Å². The number of hydrogen-bond donors (Lipinski definition) is 1. The molecule has 1 aliphatic rings. The van der Waals surface area contributed by atoms with Crippen LogP contribution >= 0.6 is 0 Å². The monoisotopic (exact) mass is 195 g/mol. The summed E-state index contributed by atoms with van der Waals surface area (Å²) in [5.41, 5.74) is 6.72. The number of anilines is 1. The Morgan fingerprint density at radius 1 is 1.43 bits per heavy atom. The molecule has 0 spiro atoms. The first kappa shape index (κ1) is 9.31. The number of methoxy groups -OCH3 is 1. The van der Waals surface area contributed by atoms with E-state index in [4.69, 9.17) is 10.5 Å². The predicted octanol–water partition coefficient (Wildman–Crippen LogP) is 2.68. The van der Waals surface area contributed by atoms with Crippen LogP contribution in [0.15, 0.2) is 12.1 Å². The molecule has 0 bridgehead atoms. The highest BCUT2D eigenvalue weighted by atomic mass is 19.1. The zero-order chi connectivity index (χ0) is 10.1. The summed E-state index contributed by atoms with van der Waals surface area (Å²) in [5, 5.41) is 0. The van der Waals surface area contributed by atoms with E-state index in [1.807, 2.05) is 0 Å². The molecule has 76 valence electrons. The fourth-order valence-corrected chi connectivity index (χ4v) is 1.79. The molecule has 1 aliphatic carbocycles. The lowest BCUT2D eigenvalue weighted by atomic mass is 9.79. The van der Waals surface area contributed by atoms with Crippen LogP contribution in [0.25, 0.3) is 0 Å². The second kappa shape index (κ2) is 3.48. The third-order valence-electron chi connectivity index (χ3n) is 2.89. The first-order valence-electron chi connectivity index (χ1n) is 4.85. The Hall–Kier alpha value is -1.25. The van der Waals surface area contributed by atoms with Crippen molar-refractivity contribution >= 4 is 5.69 Å². The summed E-state index contributed by atoms with van der Waals surface area (Å²) in [7, 11) is 1.55. The molecule has 0 unspecified atom stereocenters. The van der Waals surface area contributed by atoms with Crippen molar-refractivity contribution in [2.45, 2.75) is 25.2 Å². The van der Waals surface area contributed by atoms with E-state index in [1.165, 1.54) is 12.5 Å². The Labute approximate surface area is 82.9 Å². The standard InChI is InChI=1S/C11H14FNO/c1-14-11-5-8(7-3-2-4-7)9(12)6-10(11)13/h5-7H,2-4,13H2,1H3. The van der Waals surface area contributed by atoms with E-state index in [-0.39, 0.29) is 5.82 Å². The van der Waals surface area contributed by atoms with Gasteiger partial charge in [0.1, 0.15) is 11.6 Å². The van der Waals surface area contributed by atoms with Gasteiger partial charge in [-0.2, -0.15) is 0 Å². The number of nitrogen functional groups attached to an aromatic ring is 1. The van der Waals surface area contributed by atoms with E-state index < -0.39 is 0 Å². The first-order chi connectivity index (χ1) is 6.72. The van der Waals surface area contributed by atoms with E-state index in [9.17, 15) is 4.39 Å². The predicted molar refractivity (Wildman–Crippen MR) is 54.0 cm³/mol. The van der Waals surface area contributed by atoms with Crippen molar-refractivity contribution in [1.29, 1.82) is 0 Å². The lowest BCUT2D eigenvalue weighted by Gasteiger charge is -2.26. The fourth-order valence-electron chi connectivity index (χ4n) is 1.79. The second-order valence-electron chi connectivity index (χ2n) is 3.74. The maximum atomic E-state index is 13.5. The lowest BCUT2D eigenvalue weighted by molar-refractivity contribution is 0.392. The van der Waals surface area contributed by atoms with E-state index in [1.54, 1.807) is 13.2 Å². The van der Waals surface area contributed by atoms with Gasteiger partial charge in [0.25, 0.3) is 0 Å². The summed E-state index contributed by atoms with van der Waals surface area (Å²) in [5.74, 6) is 0.741. The van der Waals surface area contributed by atoms with E-state index in [0.29, 0.717) is 17.4 Å². The van der Waals surface area contributed by atoms with Gasteiger partial charge in [0.05, 0.1) is 12.8 Å². The fraction of sp³-hybridized carbons (Fsp3) is 0.455. The maximum Gasteiger partial charge on any atom is 0.142 e. The zero-order valence-electron chi connectivity index (χ0n) is 8.22. The third kappa shape index (κ3) is 1.43. The normalized spacial score (nSPS) is 16.4. The number of rotatable bonds is 2. The molecule has 0 saturated heterocycles. The molecule has 0 atom stereocenters. The molecule has 0 amide bonds. The summed E-state index contributed by atoms with van der Waals surface area (Å²) in [6.07, 6.45) is 3.34. The molecule has 1 saturated carbocycles. The van der Waals surface area contributed by atoms with Crippen molar-refractivity contribution in [3.05, 3.63) is 23.5 Å². The van der Waals surface area contributed by atoms with Crippen LogP contribution < -0.4 is 10.5 Å². The van der Waals surface area contributed by atoms with Gasteiger partial charge < -0.3 is 10.5 Å². The molecule has 0 aromatic heterocycles. The maximum absolute atomic E-state index is 13.5. The van der Waals surface area contributed by atoms with E-state index >= 15 is 0 Å². The average molecular weight is 195 g/mol. The van der Waals surface area contributed by atoms with Crippen molar-refractivity contribution < 1.29 is 9.13 Å². The topological polar surface area (TPSA) is 35.2 Å². The summed E-state index contributed by atoms with van der Waals surface area (Å²) < 4.78 is 18.6. The first-order valence-corrected chi connectivity index (χ1v) is 4.85. The number of hydrogen-bond acceptors (Lipinski definition) is 2. The van der Waals surface area contributed by atoms with Gasteiger partial charge in [-0.05, 0) is 30.4 Å². The quantitative estimate of drug-likeness (QED) is 0.736. The molecule has 0 aliphatic heterocycles. The van der Waals surface area contributed by atoms with Crippen LogP contribution in [-0.2, 0) is 0 Å². The van der Waals surface area contributed by atoms with Crippen LogP contribution in [0.1, 0.15) is 30.7 Å². The average Bonchev–Trinajstić information content (AvgIpc) is 2.06. The van der Waals surface area contributed by atoms with Crippen LogP contribution in [0, 0.1) is 5.82 Å². The minimum Gasteiger partial charge on any atom is -0.495 e. The largest absolute Gasteiger partial charge is 0.495 e. The number of ether oxygens (including phenoxy) is 1. The molecule has 2 rings (SSSR count). The van der Waals surface area contributed by atoms with Gasteiger partial charge in [0.2, 0.25) is 0 Å². The molecule has 2 N–H and O–H groups in total. The third-order valence-corrected chi connectivity index (χ3v) is 2.89. The lowest BCUT2D eigenvalue weighted by Crippen LogP contribution is -2.11. The van der Waals surface area contributed by atoms with E-state index in [2.05, 4.69) is 0 Å². The minimum absolute atomic E-state index is 0.201. The summed E-state index contributed by atoms with van der Waals surface area (Å²) in [6, 6.07) is 3.08. The van der Waals surface area contributed by atoms with Crippen molar-refractivity contribution in [2.24, 2.45) is 0 Å². The van der Waals surface area contributed by atoms with Crippen LogP contribution in [0.2, 0.25) is 0 Å². The van der Waals surface area contributed by atoms with Gasteiger partial charge in [0, 0.05) is 6.07 Å². The van der Waals surface area contributed by atoms with E-state index in [0.717, 1.165) is 18.4 Å². The van der Waals surface area contributed by atoms with Gasteiger partial charge in [-0.15, -0.1) is 0 Å². The van der Waals surface area contributed by atoms with Crippen LogP contribution in [-0.4, -0.2) is 7.11 Å². The van der Waals surface area contributed by atoms with Gasteiger partial charge in [0.15, 0.2) is 0 Å². The van der Waals surface area contributed by atoms with Crippen molar-refractivity contribution in [1.82, 2.24) is 0 Å². The Morgan fingerprint density at radius 2 is 2.14 bits per heavy atom. The highest BCUT2D eigenvalue weighted by Crippen LogP contribution is 2.40. The number of halogens is 1. The molecule has 1 fully saturated rings. The zero-order valence-corrected chi connectivity index (χ0v) is 8.22. The molecule has 14 heavy (non-hydrogen) atoms. The van der Waals surface area contributed by atoms with Gasteiger partial charge in [-0.25, -0.2) is 4.39 Å². The van der Waals surface area contributed by atoms with Crippen molar-refractivity contribution in [3.8, 4) is 5.75 Å². The highest BCUT2D eigenvalue weighted by molar-refractivity contribution is 5.55. The molecule has 1 aromatic carbocycles. The minimum atomic E-state index is -0.201. The molecule has 2 nitrogen and oxygen atoms in total. The van der Waals surface area contributed by atoms with Gasteiger partial charge >= 0.3 is 0 Å². The Bertz CT molecular complexity index is 347. The molecular weight excluding hydrogens is 181 g/mol. The Balaban J connectivity index is 2.38. The van der Waals surface area contributed by atoms with Crippen LogP contribution in [0.5, 0.6) is 5.75 Å². The summed E-state index contributed by atoms with van der Waals surface area (Å²) in [6.45, 7) is 0. The number of benzene rings is 1. The van der Waals surface area contributed by atoms with Gasteiger partial charge in [-0.3, -0.25) is 0 Å². The number of nitrogens with two attached hydrogens (primary N) is 1. The second-order valence-corrected chi connectivity index (χ2v) is 3.74. The van der Waals surface area contributed by atoms with Gasteiger partial charge in [-0.1, -0.05) is 6.42 Å². The molecule has 0 radical (unpaired) electrons. The highest BCUT2D eigenvalue weighted by Gasteiger charge is 2.23. The SMILES string of the molecule is COc1cc(C2CCC2)c(F)cc1N. The molecular formula is C11H14FNO. The molecule has 1 aromatic rings. The Morgan fingerprint density at radius 3 is 2.64 bits per heavy atom.